The number of esters is 1. The van der Waals surface area contributed by atoms with Crippen LogP contribution in [0, 0.1) is 0 Å². The molecule has 0 rings (SSSR count). The maximum absolute atomic E-state index is 11.5. The van der Waals surface area contributed by atoms with Crippen molar-refractivity contribution in [2.45, 2.75) is 78.4 Å². The van der Waals surface area contributed by atoms with E-state index in [1.807, 2.05) is 41.5 Å². The largest absolute Gasteiger partial charge is 0.460 e. The third-order valence-electron chi connectivity index (χ3n) is 2.03. The van der Waals surface area contributed by atoms with Gasteiger partial charge in [0.15, 0.2) is 8.06 Å². The molecule has 0 aliphatic carbocycles. The molecule has 20 heavy (non-hydrogen) atoms. The minimum Gasteiger partial charge on any atom is -0.460 e. The van der Waals surface area contributed by atoms with Crippen molar-refractivity contribution in [1.82, 2.24) is 0 Å². The lowest BCUT2D eigenvalue weighted by Crippen LogP contribution is -2.23. The first-order chi connectivity index (χ1) is 8.99. The second-order valence-electron chi connectivity index (χ2n) is 6.72. The summed E-state index contributed by atoms with van der Waals surface area (Å²) in [6.45, 7) is 12.4. The van der Waals surface area contributed by atoms with E-state index in [2.05, 4.69) is 8.93 Å². The molecule has 0 aromatic rings. The van der Waals surface area contributed by atoms with E-state index in [0.717, 1.165) is 19.3 Å². The van der Waals surface area contributed by atoms with Crippen LogP contribution < -0.4 is 0 Å². The zero-order valence-corrected chi connectivity index (χ0v) is 15.7. The molecule has 0 bridgehead atoms. The molecule has 4 nitrogen and oxygen atoms in total. The van der Waals surface area contributed by atoms with Gasteiger partial charge in [-0.05, 0) is 54.4 Å². The Hall–Kier alpha value is 0.250. The maximum Gasteiger partial charge on any atom is 0.306 e. The van der Waals surface area contributed by atoms with Crippen LogP contribution in [-0.2, 0) is 18.6 Å². The van der Waals surface area contributed by atoms with Gasteiger partial charge >= 0.3 is 5.97 Å². The van der Waals surface area contributed by atoms with Crippen molar-refractivity contribution < 1.29 is 18.6 Å². The molecule has 0 saturated carbocycles. The molecule has 0 fully saturated rings. The second-order valence-corrected chi connectivity index (χ2v) is 9.00. The van der Waals surface area contributed by atoms with Crippen LogP contribution in [0.5, 0.6) is 0 Å². The van der Waals surface area contributed by atoms with Crippen molar-refractivity contribution in [3.8, 4) is 0 Å². The van der Waals surface area contributed by atoms with Crippen LogP contribution in [0.4, 0.5) is 0 Å². The normalized spacial score (nSPS) is 14.2. The minimum atomic E-state index is -0.895. The first-order valence-corrected chi connectivity index (χ1v) is 9.88. The molecule has 2 unspecified atom stereocenters. The molecule has 0 aromatic carbocycles. The second kappa shape index (κ2) is 9.30. The van der Waals surface area contributed by atoms with E-state index in [-0.39, 0.29) is 17.2 Å². The zero-order chi connectivity index (χ0) is 15.8. The van der Waals surface area contributed by atoms with Crippen LogP contribution >= 0.6 is 17.0 Å². The maximum atomic E-state index is 11.5. The summed E-state index contributed by atoms with van der Waals surface area (Å²) < 4.78 is 16.5. The van der Waals surface area contributed by atoms with Gasteiger partial charge in [0.25, 0.3) is 0 Å². The highest BCUT2D eigenvalue weighted by atomic mass is 32.0. The fraction of sp³-hybridized carbons (Fsp3) is 0.929. The van der Waals surface area contributed by atoms with Crippen LogP contribution in [0.3, 0.4) is 0 Å². The molecule has 2 atom stereocenters. The molecule has 0 saturated heterocycles. The highest BCUT2D eigenvalue weighted by molar-refractivity contribution is 8.08. The van der Waals surface area contributed by atoms with Crippen molar-refractivity contribution in [3.05, 3.63) is 0 Å². The number of unbranched alkanes of at least 4 members (excludes halogenated alkanes) is 2. The summed E-state index contributed by atoms with van der Waals surface area (Å²) in [4.78, 5) is 11.5. The van der Waals surface area contributed by atoms with Gasteiger partial charge in [-0.2, -0.15) is 0 Å². The standard InChI is InChI=1S/C14H30O4P2/c1-13(2,3)17-12(15)10-8-7-9-11-16-20(19)18-14(4,5)6/h7-11,19H2,1-6H3. The average Bonchev–Trinajstić information content (AvgIpc) is 2.17. The molecule has 0 radical (unpaired) electrons. The molecule has 0 aliphatic rings. The van der Waals surface area contributed by atoms with Gasteiger partial charge in [0.1, 0.15) is 5.60 Å². The van der Waals surface area contributed by atoms with Gasteiger partial charge < -0.3 is 13.8 Å². The number of ether oxygens (including phenoxy) is 1. The van der Waals surface area contributed by atoms with Gasteiger partial charge in [0, 0.05) is 6.42 Å². The molecule has 0 spiro atoms. The first-order valence-electron chi connectivity index (χ1n) is 7.08. The summed E-state index contributed by atoms with van der Waals surface area (Å²) in [6.07, 6.45) is 3.21. The molecule has 120 valence electrons. The number of hydrogen-bond donors (Lipinski definition) is 0. The predicted molar refractivity (Wildman–Crippen MR) is 87.7 cm³/mol. The monoisotopic (exact) mass is 324 g/mol. The third-order valence-corrected chi connectivity index (χ3v) is 3.96. The Balaban J connectivity index is 3.52. The molecule has 6 heteroatoms. The van der Waals surface area contributed by atoms with Crippen molar-refractivity contribution in [1.29, 1.82) is 0 Å². The minimum absolute atomic E-state index is 0.122. The number of carbonyl (C=O) groups excluding carboxylic acids is 1. The van der Waals surface area contributed by atoms with Gasteiger partial charge in [0.2, 0.25) is 0 Å². The molecular weight excluding hydrogens is 294 g/mol. The Labute approximate surface area is 127 Å². The summed E-state index contributed by atoms with van der Waals surface area (Å²) in [6, 6.07) is 0. The van der Waals surface area contributed by atoms with Crippen LogP contribution in [-0.4, -0.2) is 23.8 Å². The van der Waals surface area contributed by atoms with E-state index in [1.54, 1.807) is 0 Å². The van der Waals surface area contributed by atoms with Gasteiger partial charge in [-0.1, -0.05) is 15.3 Å². The predicted octanol–water partition coefficient (Wildman–Crippen LogP) is 4.82. The SMILES string of the molecule is CC(C)(C)OC(=O)CCCCCOP(P)OC(C)(C)C. The topological polar surface area (TPSA) is 44.8 Å². The molecular formula is C14H30O4P2. The number of rotatable bonds is 8. The lowest BCUT2D eigenvalue weighted by molar-refractivity contribution is -0.154. The van der Waals surface area contributed by atoms with Crippen LogP contribution in [0.1, 0.15) is 67.2 Å². The molecule has 0 aliphatic heterocycles. The smallest absolute Gasteiger partial charge is 0.306 e. The lowest BCUT2D eigenvalue weighted by atomic mass is 10.1. The van der Waals surface area contributed by atoms with E-state index >= 15 is 0 Å². The van der Waals surface area contributed by atoms with Crippen LogP contribution in [0.25, 0.3) is 0 Å². The fourth-order valence-corrected chi connectivity index (χ4v) is 3.56. The molecule has 0 amide bonds. The molecule has 0 aromatic heterocycles. The average molecular weight is 324 g/mol. The van der Waals surface area contributed by atoms with E-state index in [0.29, 0.717) is 13.0 Å². The summed E-state index contributed by atoms with van der Waals surface area (Å²) in [7, 11) is 1.71. The van der Waals surface area contributed by atoms with Crippen LogP contribution in [0.2, 0.25) is 0 Å². The summed E-state index contributed by atoms with van der Waals surface area (Å²) >= 11 is 0. The van der Waals surface area contributed by atoms with Gasteiger partial charge in [0.05, 0.1) is 12.2 Å². The lowest BCUT2D eigenvalue weighted by Gasteiger charge is -2.23. The zero-order valence-electron chi connectivity index (χ0n) is 13.7. The van der Waals surface area contributed by atoms with Gasteiger partial charge in [-0.25, -0.2) is 0 Å². The number of carbonyl (C=O) groups is 1. The fourth-order valence-electron chi connectivity index (χ4n) is 1.39. The molecule has 0 N–H and O–H groups in total. The van der Waals surface area contributed by atoms with Crippen molar-refractivity contribution in [2.75, 3.05) is 6.61 Å². The Morgan fingerprint density at radius 1 is 1.00 bits per heavy atom. The van der Waals surface area contributed by atoms with Crippen molar-refractivity contribution >= 4 is 23.0 Å². The Morgan fingerprint density at radius 3 is 2.10 bits per heavy atom. The van der Waals surface area contributed by atoms with Gasteiger partial charge in [-0.3, -0.25) is 4.79 Å². The van der Waals surface area contributed by atoms with Crippen molar-refractivity contribution in [2.24, 2.45) is 0 Å². The summed E-state index contributed by atoms with van der Waals surface area (Å²) in [5.41, 5.74) is -0.566. The van der Waals surface area contributed by atoms with Gasteiger partial charge in [-0.15, -0.1) is 0 Å². The molecule has 0 heterocycles. The van der Waals surface area contributed by atoms with E-state index < -0.39 is 8.06 Å². The highest BCUT2D eigenvalue weighted by Gasteiger charge is 2.17. The van der Waals surface area contributed by atoms with Crippen LogP contribution in [0.15, 0.2) is 0 Å². The Kier molecular flexibility index (Phi) is 9.42. The Morgan fingerprint density at radius 2 is 1.60 bits per heavy atom. The quantitative estimate of drug-likeness (QED) is 0.365. The highest BCUT2D eigenvalue weighted by Crippen LogP contribution is 2.50. The van der Waals surface area contributed by atoms with E-state index in [4.69, 9.17) is 13.8 Å². The van der Waals surface area contributed by atoms with E-state index in [9.17, 15) is 4.79 Å². The Bertz CT molecular complexity index is 282. The van der Waals surface area contributed by atoms with Crippen molar-refractivity contribution in [3.63, 3.8) is 0 Å². The number of hydrogen-bond acceptors (Lipinski definition) is 4. The summed E-state index contributed by atoms with van der Waals surface area (Å²) in [5.74, 6) is -0.122. The third kappa shape index (κ3) is 14.7. The first kappa shape index (κ1) is 20.2. The van der Waals surface area contributed by atoms with E-state index in [1.165, 1.54) is 0 Å². The summed E-state index contributed by atoms with van der Waals surface area (Å²) in [5, 5.41) is 0.